The molecule has 7 heterocycles. The van der Waals surface area contributed by atoms with Gasteiger partial charge in [-0.05, 0) is 115 Å². The van der Waals surface area contributed by atoms with Crippen molar-refractivity contribution in [2.24, 2.45) is 0 Å². The molecule has 2 fully saturated rings. The number of H-pyrrole nitrogens is 1. The summed E-state index contributed by atoms with van der Waals surface area (Å²) >= 11 is 18.1. The maximum atomic E-state index is 12.8. The van der Waals surface area contributed by atoms with Crippen LogP contribution in [0.4, 0.5) is 5.69 Å². The largest absolute Gasteiger partial charge is 0.466 e. The van der Waals surface area contributed by atoms with E-state index < -0.39 is 0 Å². The van der Waals surface area contributed by atoms with Crippen LogP contribution in [0, 0.1) is 0 Å². The molecule has 360 valence electrons. The second kappa shape index (κ2) is 29.0. The first-order chi connectivity index (χ1) is 32.6. The Bertz CT molecular complexity index is 2590. The van der Waals surface area contributed by atoms with Crippen LogP contribution < -0.4 is 10.2 Å². The van der Waals surface area contributed by atoms with Crippen molar-refractivity contribution in [3.05, 3.63) is 106 Å². The zero-order valence-electron chi connectivity index (χ0n) is 39.0. The molecule has 0 aliphatic carbocycles. The third-order valence-electron chi connectivity index (χ3n) is 10.4. The van der Waals surface area contributed by atoms with Crippen LogP contribution in [0.3, 0.4) is 0 Å². The van der Waals surface area contributed by atoms with Crippen molar-refractivity contribution in [3.63, 3.8) is 0 Å². The molecule has 7 aromatic rings. The Kier molecular flexibility index (Phi) is 23.6. The molecule has 2 aromatic carbocycles. The van der Waals surface area contributed by atoms with E-state index in [1.807, 2.05) is 78.2 Å². The van der Waals surface area contributed by atoms with E-state index in [0.29, 0.717) is 41.6 Å². The number of anilines is 1. The number of thiol groups is 2. The number of hydrogen-bond donors (Lipinski definition) is 4. The topological polar surface area (TPSA) is 163 Å². The Morgan fingerprint density at radius 3 is 2.15 bits per heavy atom. The summed E-state index contributed by atoms with van der Waals surface area (Å²) in [6, 6.07) is 21.0. The summed E-state index contributed by atoms with van der Waals surface area (Å²) in [5.41, 5.74) is 6.79. The SMILES string of the molecule is CCOC(=O)Cc1nc2ccccc2[nH]1.CCOC(=O)c1cc2c(N3CCCN(C)CC3)ccnc2n2c1nc1ccccc12.CN1CCCNCC1.CS.CS.O=Cc1c(Cl)ccnc1Cl. The van der Waals surface area contributed by atoms with Crippen LogP contribution in [0.2, 0.25) is 10.2 Å². The Morgan fingerprint density at radius 2 is 1.45 bits per heavy atom. The molecule has 2 N–H and O–H groups in total. The van der Waals surface area contributed by atoms with E-state index in [1.54, 1.807) is 19.4 Å². The van der Waals surface area contributed by atoms with Crippen LogP contribution in [0.15, 0.2) is 79.1 Å². The highest BCUT2D eigenvalue weighted by atomic mass is 35.5. The van der Waals surface area contributed by atoms with Crippen LogP contribution in [0.5, 0.6) is 0 Å². The fourth-order valence-corrected chi connectivity index (χ4v) is 7.71. The molecule has 0 spiro atoms. The number of para-hydroxylation sites is 4. The molecule has 2 saturated heterocycles. The molecule has 0 atom stereocenters. The number of aromatic amines is 1. The van der Waals surface area contributed by atoms with Crippen LogP contribution >= 0.6 is 48.5 Å². The molecule has 9 rings (SSSR count). The number of imidazole rings is 2. The van der Waals surface area contributed by atoms with Gasteiger partial charge >= 0.3 is 11.9 Å². The summed E-state index contributed by atoms with van der Waals surface area (Å²) in [4.78, 5) is 61.9. The lowest BCUT2D eigenvalue weighted by Crippen LogP contribution is -2.29. The molecule has 2 aliphatic rings. The minimum Gasteiger partial charge on any atom is -0.466 e. The van der Waals surface area contributed by atoms with Crippen molar-refractivity contribution in [1.82, 2.24) is 44.4 Å². The second-order valence-corrected chi connectivity index (χ2v) is 15.7. The number of carbonyl (C=O) groups is 3. The highest BCUT2D eigenvalue weighted by Gasteiger charge is 2.23. The number of aromatic nitrogens is 6. The number of benzene rings is 2. The summed E-state index contributed by atoms with van der Waals surface area (Å²) in [6.45, 7) is 13.2. The lowest BCUT2D eigenvalue weighted by Gasteiger charge is -2.24. The molecule has 5 aromatic heterocycles. The summed E-state index contributed by atoms with van der Waals surface area (Å²) in [7, 11) is 4.33. The molecule has 0 radical (unpaired) electrons. The predicted octanol–water partition coefficient (Wildman–Crippen LogP) is 8.23. The van der Waals surface area contributed by atoms with E-state index >= 15 is 0 Å². The van der Waals surface area contributed by atoms with Gasteiger partial charge < -0.3 is 34.5 Å². The Labute approximate surface area is 413 Å². The number of aldehydes is 1. The molecule has 19 heteroatoms. The number of nitrogens with zero attached hydrogens (tertiary/aromatic N) is 8. The van der Waals surface area contributed by atoms with Crippen LogP contribution in [-0.4, -0.2) is 150 Å². The van der Waals surface area contributed by atoms with Gasteiger partial charge in [0.05, 0.1) is 45.9 Å². The molecule has 0 amide bonds. The van der Waals surface area contributed by atoms with Crippen molar-refractivity contribution in [3.8, 4) is 0 Å². The van der Waals surface area contributed by atoms with Gasteiger partial charge in [-0.25, -0.2) is 24.7 Å². The van der Waals surface area contributed by atoms with Gasteiger partial charge in [0, 0.05) is 56.2 Å². The number of likely N-dealkylation sites (N-methyl/N-ethyl adjacent to an activating group) is 2. The number of fused-ring (bicyclic) bond motifs is 6. The van der Waals surface area contributed by atoms with E-state index in [2.05, 4.69) is 74.3 Å². The van der Waals surface area contributed by atoms with Crippen molar-refractivity contribution in [1.29, 1.82) is 0 Å². The van der Waals surface area contributed by atoms with E-state index in [4.69, 9.17) is 42.6 Å². The van der Waals surface area contributed by atoms with Crippen LogP contribution in [0.25, 0.3) is 38.7 Å². The number of ether oxygens (including phenoxy) is 2. The minimum atomic E-state index is -0.356. The highest BCUT2D eigenvalue weighted by molar-refractivity contribution is 7.79. The Morgan fingerprint density at radius 1 is 0.761 bits per heavy atom. The first kappa shape index (κ1) is 54.6. The zero-order chi connectivity index (χ0) is 48.7. The van der Waals surface area contributed by atoms with Gasteiger partial charge in [-0.1, -0.05) is 47.5 Å². The van der Waals surface area contributed by atoms with Gasteiger partial charge in [0.15, 0.2) is 11.9 Å². The summed E-state index contributed by atoms with van der Waals surface area (Å²) < 4.78 is 12.2. The average molecular weight is 994 g/mol. The fraction of sp³-hybridized carbons (Fsp3) is 0.396. The van der Waals surface area contributed by atoms with E-state index in [0.717, 1.165) is 77.9 Å². The third-order valence-corrected chi connectivity index (χ3v) is 11.1. The van der Waals surface area contributed by atoms with Crippen molar-refractivity contribution < 1.29 is 23.9 Å². The van der Waals surface area contributed by atoms with Gasteiger partial charge in [0.25, 0.3) is 0 Å². The molecule has 0 saturated carbocycles. The smallest absolute Gasteiger partial charge is 0.341 e. The number of rotatable bonds is 7. The van der Waals surface area contributed by atoms with Crippen molar-refractivity contribution >= 4 is 111 Å². The maximum Gasteiger partial charge on any atom is 0.341 e. The maximum absolute atomic E-state index is 12.8. The van der Waals surface area contributed by atoms with Crippen LogP contribution in [0.1, 0.15) is 53.2 Å². The Balaban J connectivity index is 0.000000220. The van der Waals surface area contributed by atoms with Gasteiger partial charge in [0.1, 0.15) is 28.6 Å². The van der Waals surface area contributed by atoms with Crippen molar-refractivity contribution in [2.75, 3.05) is 97.1 Å². The molecular weight excluding hydrogens is 932 g/mol. The van der Waals surface area contributed by atoms with E-state index in [-0.39, 0.29) is 29.1 Å². The minimum absolute atomic E-state index is 0.141. The fourth-order valence-electron chi connectivity index (χ4n) is 7.27. The predicted molar refractivity (Wildman–Crippen MR) is 279 cm³/mol. The lowest BCUT2D eigenvalue weighted by molar-refractivity contribution is -0.142. The average Bonchev–Trinajstić information content (AvgIpc) is 3.75. The summed E-state index contributed by atoms with van der Waals surface area (Å²) in [5.74, 6) is 0.0383. The highest BCUT2D eigenvalue weighted by Crippen LogP contribution is 2.32. The first-order valence-corrected chi connectivity index (χ1v) is 24.6. The van der Waals surface area contributed by atoms with Gasteiger partial charge in [-0.15, -0.1) is 0 Å². The third kappa shape index (κ3) is 15.5. The molecule has 15 nitrogen and oxygen atoms in total. The lowest BCUT2D eigenvalue weighted by atomic mass is 10.1. The second-order valence-electron chi connectivity index (χ2n) is 15.0. The zero-order valence-corrected chi connectivity index (χ0v) is 42.3. The van der Waals surface area contributed by atoms with Gasteiger partial charge in [-0.2, -0.15) is 25.3 Å². The number of hydrogen-bond acceptors (Lipinski definition) is 15. The molecule has 0 bridgehead atoms. The monoisotopic (exact) mass is 992 g/mol. The summed E-state index contributed by atoms with van der Waals surface area (Å²) in [6.07, 6.45) is 9.86. The molecule has 67 heavy (non-hydrogen) atoms. The molecular formula is C48H62Cl2N10O5S2. The Hall–Kier alpha value is -5.01. The standard InChI is InChI=1S/C23H25N5O2.C11H12N2O2.C6H3Cl2NO.C6H14N2.2CH4S/c1-3-30-23(29)17-15-16-19(27-12-6-11-26(2)13-14-27)9-10-24-21(16)28-20-8-5-4-7-18(20)25-22(17)28;1-2-15-11(14)7-10-12-8-5-3-4-6-9(8)13-10;7-5-1-2-9-6(8)4(5)3-10;1-8-5-2-3-7-4-6-8;2*1-2/h4-5,7-10,15H,3,6,11-14H2,1-2H3;3-6H,2,7H2,1H3,(H,12,13);1-3H;7H,2-6H2,1H3;2*2H,1H3. The van der Waals surface area contributed by atoms with Crippen molar-refractivity contribution in [2.45, 2.75) is 33.1 Å². The number of carbonyl (C=O) groups excluding carboxylic acids is 3. The van der Waals surface area contributed by atoms with Gasteiger partial charge in [0.2, 0.25) is 0 Å². The molecule has 0 unspecified atom stereocenters. The van der Waals surface area contributed by atoms with E-state index in [1.165, 1.54) is 38.3 Å². The number of halogens is 2. The van der Waals surface area contributed by atoms with Crippen LogP contribution in [-0.2, 0) is 20.7 Å². The number of esters is 2. The quantitative estimate of drug-likeness (QED) is 0.0524. The van der Waals surface area contributed by atoms with Gasteiger partial charge in [-0.3, -0.25) is 14.0 Å². The molecule has 2 aliphatic heterocycles. The summed E-state index contributed by atoms with van der Waals surface area (Å²) in [5, 5.41) is 4.75. The first-order valence-electron chi connectivity index (χ1n) is 22.0. The number of pyridine rings is 3. The number of nitrogens with one attached hydrogen (secondary N) is 2. The normalized spacial score (nSPS) is 14.0. The van der Waals surface area contributed by atoms with E-state index in [9.17, 15) is 14.4 Å².